The largest absolute Gasteiger partial charge is 0.492 e. The van der Waals surface area contributed by atoms with Crippen molar-refractivity contribution < 1.29 is 4.74 Å². The van der Waals surface area contributed by atoms with E-state index >= 15 is 0 Å². The second-order valence-corrected chi connectivity index (χ2v) is 4.52. The first-order valence-corrected chi connectivity index (χ1v) is 6.15. The summed E-state index contributed by atoms with van der Waals surface area (Å²) >= 11 is 0. The van der Waals surface area contributed by atoms with Gasteiger partial charge in [-0.2, -0.15) is 5.10 Å². The SMILES string of the molecule is CC(C)n1nccc1C(N)COc1ccccc1. The van der Waals surface area contributed by atoms with Crippen LogP contribution in [0.25, 0.3) is 0 Å². The summed E-state index contributed by atoms with van der Waals surface area (Å²) in [6.07, 6.45) is 1.78. The van der Waals surface area contributed by atoms with E-state index in [4.69, 9.17) is 10.5 Å². The molecule has 2 rings (SSSR count). The van der Waals surface area contributed by atoms with Gasteiger partial charge in [0.05, 0.1) is 11.7 Å². The Labute approximate surface area is 107 Å². The minimum atomic E-state index is -0.171. The quantitative estimate of drug-likeness (QED) is 0.880. The smallest absolute Gasteiger partial charge is 0.119 e. The molecule has 0 spiro atoms. The summed E-state index contributed by atoms with van der Waals surface area (Å²) in [4.78, 5) is 0. The predicted octanol–water partition coefficient (Wildman–Crippen LogP) is 2.54. The Balaban J connectivity index is 1.99. The Hall–Kier alpha value is -1.81. The highest BCUT2D eigenvalue weighted by Crippen LogP contribution is 2.16. The Kier molecular flexibility index (Phi) is 3.99. The van der Waals surface area contributed by atoms with Crippen LogP contribution in [-0.2, 0) is 0 Å². The first kappa shape index (κ1) is 12.6. The van der Waals surface area contributed by atoms with Crippen LogP contribution in [0.3, 0.4) is 0 Å². The van der Waals surface area contributed by atoms with Gasteiger partial charge in [0.2, 0.25) is 0 Å². The van der Waals surface area contributed by atoms with Gasteiger partial charge in [0, 0.05) is 12.2 Å². The van der Waals surface area contributed by atoms with Gasteiger partial charge in [-0.1, -0.05) is 18.2 Å². The fourth-order valence-electron chi connectivity index (χ4n) is 1.84. The third-order valence-corrected chi connectivity index (χ3v) is 2.74. The summed E-state index contributed by atoms with van der Waals surface area (Å²) in [7, 11) is 0. The second-order valence-electron chi connectivity index (χ2n) is 4.52. The van der Waals surface area contributed by atoms with E-state index in [1.165, 1.54) is 0 Å². The van der Waals surface area contributed by atoms with Crippen molar-refractivity contribution in [2.24, 2.45) is 5.73 Å². The zero-order valence-corrected chi connectivity index (χ0v) is 10.8. The average molecular weight is 245 g/mol. The van der Waals surface area contributed by atoms with Crippen LogP contribution in [0, 0.1) is 0 Å². The van der Waals surface area contributed by atoms with E-state index in [-0.39, 0.29) is 6.04 Å². The molecule has 0 aliphatic rings. The van der Waals surface area contributed by atoms with Gasteiger partial charge in [-0.15, -0.1) is 0 Å². The molecule has 0 amide bonds. The zero-order valence-electron chi connectivity index (χ0n) is 10.8. The number of nitrogens with two attached hydrogens (primary N) is 1. The predicted molar refractivity (Wildman–Crippen MR) is 71.5 cm³/mol. The molecule has 0 bridgehead atoms. The van der Waals surface area contributed by atoms with Crippen LogP contribution in [0.1, 0.15) is 31.6 Å². The minimum Gasteiger partial charge on any atom is -0.492 e. The normalized spacial score (nSPS) is 12.7. The first-order valence-electron chi connectivity index (χ1n) is 6.15. The lowest BCUT2D eigenvalue weighted by atomic mass is 10.2. The van der Waals surface area contributed by atoms with Crippen molar-refractivity contribution in [2.45, 2.75) is 25.9 Å². The fourth-order valence-corrected chi connectivity index (χ4v) is 1.84. The van der Waals surface area contributed by atoms with Gasteiger partial charge in [-0.3, -0.25) is 4.68 Å². The van der Waals surface area contributed by atoms with Crippen LogP contribution in [0.15, 0.2) is 42.6 Å². The lowest BCUT2D eigenvalue weighted by Crippen LogP contribution is -2.23. The maximum Gasteiger partial charge on any atom is 0.119 e. The van der Waals surface area contributed by atoms with Gasteiger partial charge in [-0.05, 0) is 32.0 Å². The van der Waals surface area contributed by atoms with Gasteiger partial charge < -0.3 is 10.5 Å². The summed E-state index contributed by atoms with van der Waals surface area (Å²) in [6.45, 7) is 4.62. The summed E-state index contributed by atoms with van der Waals surface area (Å²) in [5.74, 6) is 0.837. The van der Waals surface area contributed by atoms with E-state index < -0.39 is 0 Å². The van der Waals surface area contributed by atoms with Crippen LogP contribution in [0.2, 0.25) is 0 Å². The first-order chi connectivity index (χ1) is 8.68. The molecule has 0 saturated carbocycles. The van der Waals surface area contributed by atoms with Crippen molar-refractivity contribution in [2.75, 3.05) is 6.61 Å². The van der Waals surface area contributed by atoms with Gasteiger partial charge in [0.15, 0.2) is 0 Å². The minimum absolute atomic E-state index is 0.171. The third kappa shape index (κ3) is 2.90. The van der Waals surface area contributed by atoms with Crippen LogP contribution < -0.4 is 10.5 Å². The molecule has 0 aliphatic carbocycles. The number of nitrogens with zero attached hydrogens (tertiary/aromatic N) is 2. The third-order valence-electron chi connectivity index (χ3n) is 2.74. The van der Waals surface area contributed by atoms with Gasteiger partial charge in [-0.25, -0.2) is 0 Å². The summed E-state index contributed by atoms with van der Waals surface area (Å²) in [5.41, 5.74) is 7.14. The molecular formula is C14H19N3O. The van der Waals surface area contributed by atoms with Crippen molar-refractivity contribution in [1.29, 1.82) is 0 Å². The number of ether oxygens (including phenoxy) is 1. The Bertz CT molecular complexity index is 479. The molecule has 2 N–H and O–H groups in total. The van der Waals surface area contributed by atoms with Crippen LogP contribution in [0.4, 0.5) is 0 Å². The molecule has 96 valence electrons. The van der Waals surface area contributed by atoms with E-state index in [1.54, 1.807) is 6.20 Å². The Morgan fingerprint density at radius 1 is 1.22 bits per heavy atom. The monoisotopic (exact) mass is 245 g/mol. The van der Waals surface area contributed by atoms with Crippen molar-refractivity contribution in [1.82, 2.24) is 9.78 Å². The number of aromatic nitrogens is 2. The molecule has 1 aromatic heterocycles. The van der Waals surface area contributed by atoms with Crippen LogP contribution in [0.5, 0.6) is 5.75 Å². The van der Waals surface area contributed by atoms with Gasteiger partial charge in [0.25, 0.3) is 0 Å². The molecule has 0 radical (unpaired) electrons. The van der Waals surface area contributed by atoms with Crippen molar-refractivity contribution in [3.05, 3.63) is 48.3 Å². The number of benzene rings is 1. The molecule has 0 saturated heterocycles. The topological polar surface area (TPSA) is 53.1 Å². The highest BCUT2D eigenvalue weighted by atomic mass is 16.5. The lowest BCUT2D eigenvalue weighted by molar-refractivity contribution is 0.282. The van der Waals surface area contributed by atoms with Crippen LogP contribution >= 0.6 is 0 Å². The van der Waals surface area contributed by atoms with Crippen molar-refractivity contribution in [3.63, 3.8) is 0 Å². The van der Waals surface area contributed by atoms with Gasteiger partial charge >= 0.3 is 0 Å². The summed E-state index contributed by atoms with van der Waals surface area (Å²) < 4.78 is 7.59. The number of hydrogen-bond acceptors (Lipinski definition) is 3. The lowest BCUT2D eigenvalue weighted by Gasteiger charge is -2.17. The zero-order chi connectivity index (χ0) is 13.0. The molecule has 1 unspecified atom stereocenters. The molecular weight excluding hydrogens is 226 g/mol. The van der Waals surface area contributed by atoms with E-state index in [1.807, 2.05) is 41.1 Å². The van der Waals surface area contributed by atoms with Crippen molar-refractivity contribution in [3.8, 4) is 5.75 Å². The van der Waals surface area contributed by atoms with E-state index in [0.29, 0.717) is 12.6 Å². The molecule has 1 aromatic carbocycles. The maximum absolute atomic E-state index is 6.14. The summed E-state index contributed by atoms with van der Waals surface area (Å²) in [5, 5.41) is 4.27. The number of hydrogen-bond donors (Lipinski definition) is 1. The fraction of sp³-hybridized carbons (Fsp3) is 0.357. The number of rotatable bonds is 5. The molecule has 1 heterocycles. The highest BCUT2D eigenvalue weighted by Gasteiger charge is 2.14. The molecule has 4 heteroatoms. The molecule has 2 aromatic rings. The van der Waals surface area contributed by atoms with E-state index in [0.717, 1.165) is 11.4 Å². The van der Waals surface area contributed by atoms with E-state index in [9.17, 15) is 0 Å². The molecule has 18 heavy (non-hydrogen) atoms. The van der Waals surface area contributed by atoms with Gasteiger partial charge in [0.1, 0.15) is 12.4 Å². The molecule has 0 fully saturated rings. The van der Waals surface area contributed by atoms with Crippen LogP contribution in [-0.4, -0.2) is 16.4 Å². The average Bonchev–Trinajstić information content (AvgIpc) is 2.86. The standard InChI is InChI=1S/C14H19N3O/c1-11(2)17-14(8-9-16-17)13(15)10-18-12-6-4-3-5-7-12/h3-9,11,13H,10,15H2,1-2H3. The number of para-hydroxylation sites is 1. The Morgan fingerprint density at radius 3 is 2.61 bits per heavy atom. The second kappa shape index (κ2) is 5.69. The maximum atomic E-state index is 6.14. The molecule has 1 atom stereocenters. The Morgan fingerprint density at radius 2 is 1.94 bits per heavy atom. The molecule has 4 nitrogen and oxygen atoms in total. The highest BCUT2D eigenvalue weighted by molar-refractivity contribution is 5.21. The van der Waals surface area contributed by atoms with E-state index in [2.05, 4.69) is 18.9 Å². The molecule has 0 aliphatic heterocycles. The summed E-state index contributed by atoms with van der Waals surface area (Å²) in [6, 6.07) is 11.8. The van der Waals surface area contributed by atoms with Crippen molar-refractivity contribution >= 4 is 0 Å².